The Kier molecular flexibility index (Phi) is 5.62. The van der Waals surface area contributed by atoms with Crippen molar-refractivity contribution in [3.05, 3.63) is 51.2 Å². The zero-order valence-electron chi connectivity index (χ0n) is 16.4. The van der Waals surface area contributed by atoms with Crippen molar-refractivity contribution in [2.45, 2.75) is 6.42 Å². The van der Waals surface area contributed by atoms with Crippen molar-refractivity contribution in [1.29, 1.82) is 0 Å². The summed E-state index contributed by atoms with van der Waals surface area (Å²) in [5.74, 6) is 0.802. The van der Waals surface area contributed by atoms with Gasteiger partial charge in [0, 0.05) is 31.6 Å². The highest BCUT2D eigenvalue weighted by molar-refractivity contribution is 7.16. The number of aromatic nitrogens is 3. The maximum Gasteiger partial charge on any atom is 0.267 e. The predicted molar refractivity (Wildman–Crippen MR) is 124 cm³/mol. The molecule has 5 heterocycles. The van der Waals surface area contributed by atoms with Crippen LogP contribution in [0.4, 0.5) is 10.9 Å². The lowest BCUT2D eigenvalue weighted by molar-refractivity contribution is -0.130. The topological polar surface area (TPSA) is 91.3 Å². The molecule has 8 nitrogen and oxygen atoms in total. The second kappa shape index (κ2) is 8.69. The van der Waals surface area contributed by atoms with Crippen LogP contribution in [0.15, 0.2) is 40.7 Å². The summed E-state index contributed by atoms with van der Waals surface area (Å²) >= 11 is 4.31. The molecule has 158 valence electrons. The number of piperazine rings is 1. The van der Waals surface area contributed by atoms with E-state index in [1.807, 2.05) is 33.2 Å². The summed E-state index contributed by atoms with van der Waals surface area (Å²) in [5.41, 5.74) is 0.676. The van der Waals surface area contributed by atoms with Gasteiger partial charge < -0.3 is 9.80 Å². The van der Waals surface area contributed by atoms with Crippen LogP contribution in [-0.4, -0.2) is 57.8 Å². The van der Waals surface area contributed by atoms with E-state index in [0.717, 1.165) is 29.1 Å². The van der Waals surface area contributed by atoms with Crippen LogP contribution in [0.2, 0.25) is 0 Å². The van der Waals surface area contributed by atoms with Gasteiger partial charge in [0.15, 0.2) is 5.13 Å². The van der Waals surface area contributed by atoms with Gasteiger partial charge >= 0.3 is 0 Å². The van der Waals surface area contributed by atoms with Crippen molar-refractivity contribution in [1.82, 2.24) is 19.9 Å². The van der Waals surface area contributed by atoms with Gasteiger partial charge in [-0.3, -0.25) is 14.9 Å². The minimum atomic E-state index is -0.178. The van der Waals surface area contributed by atoms with Crippen LogP contribution in [0.1, 0.15) is 15.4 Å². The summed E-state index contributed by atoms with van der Waals surface area (Å²) in [6, 6.07) is 5.64. The van der Waals surface area contributed by atoms with Gasteiger partial charge in [-0.2, -0.15) is 0 Å². The molecule has 0 atom stereocenters. The molecule has 1 aliphatic heterocycles. The number of hydrogen-bond acceptors (Lipinski definition) is 9. The van der Waals surface area contributed by atoms with Crippen LogP contribution in [0.25, 0.3) is 10.2 Å². The first-order valence-electron chi connectivity index (χ1n) is 9.67. The number of thiazole rings is 1. The van der Waals surface area contributed by atoms with E-state index in [-0.39, 0.29) is 18.2 Å². The maximum absolute atomic E-state index is 12.8. The Labute approximate surface area is 190 Å². The van der Waals surface area contributed by atoms with E-state index in [1.54, 1.807) is 23.7 Å². The largest absolute Gasteiger partial charge is 0.352 e. The molecule has 2 amide bonds. The molecule has 5 rings (SSSR count). The average Bonchev–Trinajstić information content (AvgIpc) is 3.55. The lowest BCUT2D eigenvalue weighted by atomic mass is 10.2. The highest BCUT2D eigenvalue weighted by Crippen LogP contribution is 2.27. The van der Waals surface area contributed by atoms with E-state index in [2.05, 4.69) is 25.2 Å². The number of thiophene rings is 2. The van der Waals surface area contributed by atoms with E-state index < -0.39 is 0 Å². The number of rotatable bonds is 5. The Morgan fingerprint density at radius 3 is 2.71 bits per heavy atom. The summed E-state index contributed by atoms with van der Waals surface area (Å²) in [6.07, 6.45) is 1.83. The van der Waals surface area contributed by atoms with Gasteiger partial charge in [-0.1, -0.05) is 6.07 Å². The number of nitrogens with zero attached hydrogens (tertiary/aromatic N) is 5. The number of fused-ring (bicyclic) bond motifs is 1. The second-order valence-electron chi connectivity index (χ2n) is 6.96. The molecular formula is C20H18N6O2S3. The smallest absolute Gasteiger partial charge is 0.267 e. The first kappa shape index (κ1) is 20.0. The first-order chi connectivity index (χ1) is 15.2. The van der Waals surface area contributed by atoms with Gasteiger partial charge in [0.05, 0.1) is 22.4 Å². The molecule has 0 radical (unpaired) electrons. The molecule has 0 saturated carbocycles. The molecular weight excluding hydrogens is 452 g/mol. The third kappa shape index (κ3) is 4.29. The Morgan fingerprint density at radius 2 is 1.90 bits per heavy atom. The zero-order chi connectivity index (χ0) is 21.2. The van der Waals surface area contributed by atoms with Crippen LogP contribution in [0.5, 0.6) is 0 Å². The normalized spacial score (nSPS) is 14.2. The molecule has 1 aliphatic rings. The molecule has 31 heavy (non-hydrogen) atoms. The molecule has 1 fully saturated rings. The van der Waals surface area contributed by atoms with Crippen LogP contribution >= 0.6 is 34.0 Å². The first-order valence-corrected chi connectivity index (χ1v) is 12.3. The number of hydrogen-bond donors (Lipinski definition) is 1. The zero-order valence-corrected chi connectivity index (χ0v) is 18.8. The van der Waals surface area contributed by atoms with Crippen molar-refractivity contribution in [2.24, 2.45) is 0 Å². The summed E-state index contributed by atoms with van der Waals surface area (Å²) in [4.78, 5) is 43.8. The van der Waals surface area contributed by atoms with Crippen molar-refractivity contribution in [3.8, 4) is 0 Å². The van der Waals surface area contributed by atoms with Crippen LogP contribution in [0, 0.1) is 0 Å². The summed E-state index contributed by atoms with van der Waals surface area (Å²) in [6.45, 7) is 2.74. The molecule has 0 aromatic carbocycles. The summed E-state index contributed by atoms with van der Waals surface area (Å²) in [5, 5.41) is 10.1. The number of amides is 2. The number of anilines is 2. The van der Waals surface area contributed by atoms with Gasteiger partial charge in [0.1, 0.15) is 17.0 Å². The fourth-order valence-electron chi connectivity index (χ4n) is 3.48. The lowest BCUT2D eigenvalue weighted by Crippen LogP contribution is -2.49. The molecule has 0 aliphatic carbocycles. The monoisotopic (exact) mass is 470 g/mol. The second-order valence-corrected chi connectivity index (χ2v) is 9.66. The number of nitrogens with one attached hydrogen (secondary N) is 1. The SMILES string of the molecule is O=C(Nc1nc(CC(=O)N2CCN(c3ncnc4sccc34)CC2)cs1)c1cccs1. The van der Waals surface area contributed by atoms with E-state index in [4.69, 9.17) is 0 Å². The molecule has 4 aromatic rings. The van der Waals surface area contributed by atoms with E-state index in [0.29, 0.717) is 28.8 Å². The fraction of sp³-hybridized carbons (Fsp3) is 0.250. The van der Waals surface area contributed by atoms with Crippen LogP contribution in [0.3, 0.4) is 0 Å². The Morgan fingerprint density at radius 1 is 1.03 bits per heavy atom. The highest BCUT2D eigenvalue weighted by atomic mass is 32.1. The summed E-state index contributed by atoms with van der Waals surface area (Å²) < 4.78 is 0. The van der Waals surface area contributed by atoms with E-state index in [9.17, 15) is 9.59 Å². The van der Waals surface area contributed by atoms with Gasteiger partial charge in [-0.05, 0) is 22.9 Å². The third-order valence-electron chi connectivity index (χ3n) is 5.02. The summed E-state index contributed by atoms with van der Waals surface area (Å²) in [7, 11) is 0. The van der Waals surface area contributed by atoms with Gasteiger partial charge in [-0.15, -0.1) is 34.0 Å². The van der Waals surface area contributed by atoms with Crippen molar-refractivity contribution in [3.63, 3.8) is 0 Å². The van der Waals surface area contributed by atoms with Crippen molar-refractivity contribution in [2.75, 3.05) is 36.4 Å². The minimum absolute atomic E-state index is 0.0458. The Balaban J connectivity index is 1.16. The molecule has 1 saturated heterocycles. The number of carbonyl (C=O) groups excluding carboxylic acids is 2. The van der Waals surface area contributed by atoms with Gasteiger partial charge in [-0.25, -0.2) is 15.0 Å². The lowest BCUT2D eigenvalue weighted by Gasteiger charge is -2.35. The Hall–Kier alpha value is -2.89. The van der Waals surface area contributed by atoms with Gasteiger partial charge in [0.2, 0.25) is 5.91 Å². The van der Waals surface area contributed by atoms with Gasteiger partial charge in [0.25, 0.3) is 5.91 Å². The third-order valence-corrected chi connectivity index (χ3v) is 7.52. The number of carbonyl (C=O) groups is 2. The molecule has 0 spiro atoms. The molecule has 11 heteroatoms. The van der Waals surface area contributed by atoms with Crippen molar-refractivity contribution >= 4 is 67.0 Å². The van der Waals surface area contributed by atoms with Crippen LogP contribution < -0.4 is 10.2 Å². The maximum atomic E-state index is 12.8. The molecule has 0 unspecified atom stereocenters. The highest BCUT2D eigenvalue weighted by Gasteiger charge is 2.24. The fourth-order valence-corrected chi connectivity index (χ4v) is 5.53. The predicted octanol–water partition coefficient (Wildman–Crippen LogP) is 3.35. The molecule has 4 aromatic heterocycles. The van der Waals surface area contributed by atoms with E-state index >= 15 is 0 Å². The average molecular weight is 471 g/mol. The van der Waals surface area contributed by atoms with Crippen molar-refractivity contribution < 1.29 is 9.59 Å². The Bertz CT molecular complexity index is 1210. The molecule has 0 bridgehead atoms. The van der Waals surface area contributed by atoms with E-state index in [1.165, 1.54) is 22.7 Å². The minimum Gasteiger partial charge on any atom is -0.352 e. The van der Waals surface area contributed by atoms with Crippen LogP contribution in [-0.2, 0) is 11.2 Å². The standard InChI is InChI=1S/C20H18N6O2S3/c27-16(10-13-11-31-20(23-13)24-18(28)15-2-1-8-29-15)25-4-6-26(7-5-25)17-14-3-9-30-19(14)22-12-21-17/h1-3,8-9,11-12H,4-7,10H2,(H,23,24,28). The quantitative estimate of drug-likeness (QED) is 0.481. The molecule has 1 N–H and O–H groups in total.